The zero-order chi connectivity index (χ0) is 15.4. The van der Waals surface area contributed by atoms with Gasteiger partial charge in [-0.3, -0.25) is 0 Å². The van der Waals surface area contributed by atoms with Crippen molar-refractivity contribution in [1.29, 1.82) is 0 Å². The molecule has 0 bridgehead atoms. The molecule has 0 fully saturated rings. The maximum atomic E-state index is 4.90. The molecule has 0 aliphatic carbocycles. The molecule has 0 aliphatic heterocycles. The molecule has 21 heavy (non-hydrogen) atoms. The minimum Gasteiger partial charge on any atom is -0.458 e. The number of rotatable bonds is 18. The summed E-state index contributed by atoms with van der Waals surface area (Å²) in [6.07, 6.45) is 23.1. The Bertz CT molecular complexity index is 159. The summed E-state index contributed by atoms with van der Waals surface area (Å²) in [4.78, 5) is 0. The minimum absolute atomic E-state index is 0.639. The van der Waals surface area contributed by atoms with Crippen LogP contribution in [0.3, 0.4) is 0 Å². The molecule has 1 nitrogen and oxygen atoms in total. The Hall–Kier alpha value is 0.394. The predicted molar refractivity (Wildman–Crippen MR) is 96.9 cm³/mol. The molecule has 3 heteroatoms. The van der Waals surface area contributed by atoms with Crippen LogP contribution in [-0.4, -0.2) is 20.2 Å². The fourth-order valence-electron chi connectivity index (χ4n) is 2.80. The van der Waals surface area contributed by atoms with Gasteiger partial charge in [0.05, 0.1) is 0 Å². The standard InChI is InChI=1S/C18H37OSi2/c1-2-3-4-5-6-7-8-9-10-11-12-13-14-15-16-17-18-21-19-20/h2-18H2,1H3. The summed E-state index contributed by atoms with van der Waals surface area (Å²) < 4.78 is 4.90. The molecule has 0 unspecified atom stereocenters. The predicted octanol–water partition coefficient (Wildman–Crippen LogP) is 6.39. The lowest BCUT2D eigenvalue weighted by Crippen LogP contribution is -1.93. The van der Waals surface area contributed by atoms with E-state index >= 15 is 0 Å². The maximum Gasteiger partial charge on any atom is 0.229 e. The van der Waals surface area contributed by atoms with Gasteiger partial charge < -0.3 is 4.12 Å². The Morgan fingerprint density at radius 1 is 0.571 bits per heavy atom. The average molecular weight is 326 g/mol. The molecule has 0 N–H and O–H groups in total. The van der Waals surface area contributed by atoms with Crippen molar-refractivity contribution in [1.82, 2.24) is 0 Å². The first-order valence-corrected chi connectivity index (χ1v) is 11.0. The number of unbranched alkanes of at least 4 members (excludes halogenated alkanes) is 15. The third-order valence-electron chi connectivity index (χ3n) is 4.20. The van der Waals surface area contributed by atoms with Gasteiger partial charge in [-0.05, 0) is 6.04 Å². The van der Waals surface area contributed by atoms with Crippen molar-refractivity contribution in [3.05, 3.63) is 0 Å². The third-order valence-corrected chi connectivity index (χ3v) is 5.34. The summed E-state index contributed by atoms with van der Waals surface area (Å²) in [5.74, 6) is 0. The van der Waals surface area contributed by atoms with Crippen LogP contribution in [0.15, 0.2) is 0 Å². The zero-order valence-corrected chi connectivity index (χ0v) is 16.4. The molecule has 0 atom stereocenters. The molecule has 0 aromatic heterocycles. The van der Waals surface area contributed by atoms with E-state index in [1.54, 1.807) is 0 Å². The molecule has 0 saturated carbocycles. The number of hydrogen-bond donors (Lipinski definition) is 0. The molecule has 0 aliphatic rings. The molecule has 0 amide bonds. The first-order chi connectivity index (χ1) is 10.4. The van der Waals surface area contributed by atoms with Gasteiger partial charge in [0.25, 0.3) is 0 Å². The van der Waals surface area contributed by atoms with E-state index in [-0.39, 0.29) is 0 Å². The lowest BCUT2D eigenvalue weighted by Gasteiger charge is -2.03. The van der Waals surface area contributed by atoms with E-state index in [4.69, 9.17) is 4.12 Å². The van der Waals surface area contributed by atoms with Crippen LogP contribution in [0, 0.1) is 0 Å². The van der Waals surface area contributed by atoms with Crippen LogP contribution in [0.4, 0.5) is 0 Å². The maximum absolute atomic E-state index is 4.90. The Morgan fingerprint density at radius 3 is 1.24 bits per heavy atom. The fourth-order valence-corrected chi connectivity index (χ4v) is 3.60. The summed E-state index contributed by atoms with van der Waals surface area (Å²) in [5, 5.41) is 0. The van der Waals surface area contributed by atoms with Crippen LogP contribution in [0.2, 0.25) is 6.04 Å². The van der Waals surface area contributed by atoms with E-state index < -0.39 is 0 Å². The van der Waals surface area contributed by atoms with Crippen LogP contribution in [0.25, 0.3) is 0 Å². The monoisotopic (exact) mass is 325 g/mol. The molecule has 0 heterocycles. The quantitative estimate of drug-likeness (QED) is 0.210. The normalized spacial score (nSPS) is 11.1. The van der Waals surface area contributed by atoms with Crippen LogP contribution >= 0.6 is 0 Å². The van der Waals surface area contributed by atoms with E-state index in [1.165, 1.54) is 109 Å². The van der Waals surface area contributed by atoms with Gasteiger partial charge in [0.1, 0.15) is 0 Å². The lowest BCUT2D eigenvalue weighted by atomic mass is 10.0. The average Bonchev–Trinajstić information content (AvgIpc) is 2.50. The highest BCUT2D eigenvalue weighted by Crippen LogP contribution is 2.13. The minimum atomic E-state index is 0.639. The molecule has 0 aromatic carbocycles. The third kappa shape index (κ3) is 20.4. The molecule has 0 rings (SSSR count). The Morgan fingerprint density at radius 2 is 0.905 bits per heavy atom. The SMILES string of the molecule is CCCCCCCCCCCCCCCCCC[Si]O[Si]. The van der Waals surface area contributed by atoms with Crippen molar-refractivity contribution in [2.75, 3.05) is 0 Å². The molecule has 0 saturated heterocycles. The van der Waals surface area contributed by atoms with E-state index in [0.717, 1.165) is 0 Å². The highest BCUT2D eigenvalue weighted by Gasteiger charge is 1.95. The molecule has 0 spiro atoms. The molecule has 0 aromatic rings. The second-order valence-corrected chi connectivity index (χ2v) is 7.90. The van der Waals surface area contributed by atoms with Crippen LogP contribution in [-0.2, 0) is 4.12 Å². The van der Waals surface area contributed by atoms with Crippen molar-refractivity contribution in [3.63, 3.8) is 0 Å². The van der Waals surface area contributed by atoms with Crippen LogP contribution < -0.4 is 0 Å². The summed E-state index contributed by atoms with van der Waals surface area (Å²) in [5.41, 5.74) is 0. The fraction of sp³-hybridized carbons (Fsp3) is 1.00. The first-order valence-electron chi connectivity index (χ1n) is 9.47. The van der Waals surface area contributed by atoms with Crippen molar-refractivity contribution < 1.29 is 4.12 Å². The summed E-state index contributed by atoms with van der Waals surface area (Å²) >= 11 is 0. The second kappa shape index (κ2) is 20.4. The zero-order valence-electron chi connectivity index (χ0n) is 14.4. The summed E-state index contributed by atoms with van der Waals surface area (Å²) in [6, 6.07) is 1.22. The van der Waals surface area contributed by atoms with E-state index in [2.05, 4.69) is 17.4 Å². The van der Waals surface area contributed by atoms with Gasteiger partial charge in [0.2, 0.25) is 20.2 Å². The van der Waals surface area contributed by atoms with Gasteiger partial charge in [0, 0.05) is 0 Å². The van der Waals surface area contributed by atoms with Crippen LogP contribution in [0.5, 0.6) is 0 Å². The van der Waals surface area contributed by atoms with Gasteiger partial charge in [-0.25, -0.2) is 0 Å². The highest BCUT2D eigenvalue weighted by molar-refractivity contribution is 6.34. The molecule has 5 radical (unpaired) electrons. The Balaban J connectivity index is 2.90. The second-order valence-electron chi connectivity index (χ2n) is 6.30. The summed E-state index contributed by atoms with van der Waals surface area (Å²) in [7, 11) is 3.69. The van der Waals surface area contributed by atoms with Crippen molar-refractivity contribution >= 4 is 20.2 Å². The molecular weight excluding hydrogens is 288 g/mol. The van der Waals surface area contributed by atoms with Gasteiger partial charge in [0.15, 0.2) is 0 Å². The highest BCUT2D eigenvalue weighted by atomic mass is 28.3. The topological polar surface area (TPSA) is 9.23 Å². The summed E-state index contributed by atoms with van der Waals surface area (Å²) in [6.45, 7) is 2.29. The van der Waals surface area contributed by atoms with Gasteiger partial charge in [-0.2, -0.15) is 0 Å². The lowest BCUT2D eigenvalue weighted by molar-refractivity contribution is 0.530. The first kappa shape index (κ1) is 21.4. The smallest absolute Gasteiger partial charge is 0.229 e. The van der Waals surface area contributed by atoms with Crippen molar-refractivity contribution in [3.8, 4) is 0 Å². The van der Waals surface area contributed by atoms with Gasteiger partial charge in [-0.15, -0.1) is 0 Å². The Kier molecular flexibility index (Phi) is 20.8. The van der Waals surface area contributed by atoms with Crippen molar-refractivity contribution in [2.24, 2.45) is 0 Å². The Labute approximate surface area is 140 Å². The van der Waals surface area contributed by atoms with E-state index in [9.17, 15) is 0 Å². The van der Waals surface area contributed by atoms with E-state index in [0.29, 0.717) is 9.76 Å². The van der Waals surface area contributed by atoms with Gasteiger partial charge in [-0.1, -0.05) is 110 Å². The van der Waals surface area contributed by atoms with Gasteiger partial charge >= 0.3 is 0 Å². The largest absolute Gasteiger partial charge is 0.458 e. The van der Waals surface area contributed by atoms with E-state index in [1.807, 2.05) is 0 Å². The van der Waals surface area contributed by atoms with Crippen molar-refractivity contribution in [2.45, 2.75) is 116 Å². The molecule has 123 valence electrons. The number of hydrogen-bond acceptors (Lipinski definition) is 1. The molecular formula is C18H37OSi2. The van der Waals surface area contributed by atoms with Crippen LogP contribution in [0.1, 0.15) is 110 Å².